The third kappa shape index (κ3) is 3.45. The molecule has 0 bridgehead atoms. The highest BCUT2D eigenvalue weighted by Gasteiger charge is 2.25. The number of halogens is 3. The molecule has 1 atom stereocenters. The van der Waals surface area contributed by atoms with Crippen molar-refractivity contribution >= 4 is 33.5 Å². The second kappa shape index (κ2) is 7.10. The summed E-state index contributed by atoms with van der Waals surface area (Å²) < 4.78 is 19.3. The highest BCUT2D eigenvalue weighted by atomic mass is 79.9. The molecule has 1 unspecified atom stereocenters. The van der Waals surface area contributed by atoms with Crippen molar-refractivity contribution in [3.8, 4) is 0 Å². The maximum Gasteiger partial charge on any atom is 0.313 e. The van der Waals surface area contributed by atoms with Gasteiger partial charge in [0, 0.05) is 10.0 Å². The fraction of sp³-hybridized carbons (Fsp3) is 0.462. The Bertz CT molecular complexity index is 437. The van der Waals surface area contributed by atoms with Gasteiger partial charge in [0.2, 0.25) is 0 Å². The second-order valence-electron chi connectivity index (χ2n) is 3.98. The molecule has 0 aromatic heterocycles. The van der Waals surface area contributed by atoms with Crippen LogP contribution in [0.2, 0.25) is 5.02 Å². The van der Waals surface area contributed by atoms with Crippen LogP contribution in [0.1, 0.15) is 37.7 Å². The molecule has 2 nitrogen and oxygen atoms in total. The molecular weight excluding hydrogens is 322 g/mol. The molecular formula is C13H15BrClFO2. The molecule has 1 aromatic carbocycles. The number of benzene rings is 1. The van der Waals surface area contributed by atoms with Crippen LogP contribution in [0.3, 0.4) is 0 Å². The first-order chi connectivity index (χ1) is 8.52. The fourth-order valence-corrected chi connectivity index (χ4v) is 2.24. The van der Waals surface area contributed by atoms with Gasteiger partial charge in [-0.05, 0) is 28.4 Å². The molecule has 5 heteroatoms. The van der Waals surface area contributed by atoms with Gasteiger partial charge >= 0.3 is 5.97 Å². The minimum absolute atomic E-state index is 0.00194. The Hall–Kier alpha value is -0.610. The molecule has 1 rings (SSSR count). The lowest BCUT2D eigenvalue weighted by atomic mass is 9.93. The van der Waals surface area contributed by atoms with Crippen molar-refractivity contribution in [1.82, 2.24) is 0 Å². The van der Waals surface area contributed by atoms with Gasteiger partial charge in [-0.3, -0.25) is 4.79 Å². The molecule has 1 aromatic rings. The van der Waals surface area contributed by atoms with Crippen molar-refractivity contribution in [2.45, 2.75) is 32.1 Å². The molecule has 0 saturated carbocycles. The van der Waals surface area contributed by atoms with E-state index in [-0.39, 0.29) is 5.02 Å². The van der Waals surface area contributed by atoms with Crippen LogP contribution in [0.5, 0.6) is 0 Å². The molecule has 0 aliphatic rings. The first-order valence-corrected chi connectivity index (χ1v) is 6.91. The summed E-state index contributed by atoms with van der Waals surface area (Å²) in [5.41, 5.74) is 0.295. The molecule has 0 fully saturated rings. The summed E-state index contributed by atoms with van der Waals surface area (Å²) in [5.74, 6) is -1.58. The SMILES string of the molecule is CCCCC(C(=O)OC)c1ccc(Br)c(Cl)c1F. The van der Waals surface area contributed by atoms with Crippen LogP contribution in [0.15, 0.2) is 16.6 Å². The maximum absolute atomic E-state index is 14.1. The molecule has 0 saturated heterocycles. The first-order valence-electron chi connectivity index (χ1n) is 5.74. The van der Waals surface area contributed by atoms with Gasteiger partial charge in [-0.25, -0.2) is 4.39 Å². The predicted molar refractivity (Wildman–Crippen MR) is 73.4 cm³/mol. The van der Waals surface area contributed by atoms with E-state index >= 15 is 0 Å². The quantitative estimate of drug-likeness (QED) is 0.575. The van der Waals surface area contributed by atoms with E-state index < -0.39 is 17.7 Å². The maximum atomic E-state index is 14.1. The van der Waals surface area contributed by atoms with Crippen LogP contribution in [-0.4, -0.2) is 13.1 Å². The van der Waals surface area contributed by atoms with Crippen LogP contribution >= 0.6 is 27.5 Å². The lowest BCUT2D eigenvalue weighted by Gasteiger charge is -2.16. The summed E-state index contributed by atoms with van der Waals surface area (Å²) in [4.78, 5) is 11.7. The van der Waals surface area contributed by atoms with E-state index in [9.17, 15) is 9.18 Å². The molecule has 0 amide bonds. The third-order valence-corrected chi connectivity index (χ3v) is 4.03. The van der Waals surface area contributed by atoms with Gasteiger partial charge in [0.15, 0.2) is 0 Å². The van der Waals surface area contributed by atoms with Gasteiger partial charge in [0.1, 0.15) is 5.82 Å². The topological polar surface area (TPSA) is 26.3 Å². The molecule has 100 valence electrons. The number of carbonyl (C=O) groups excluding carboxylic acids is 1. The average Bonchev–Trinajstić information content (AvgIpc) is 2.38. The molecule has 0 aliphatic carbocycles. The molecule has 0 N–H and O–H groups in total. The van der Waals surface area contributed by atoms with Crippen molar-refractivity contribution in [2.24, 2.45) is 0 Å². The van der Waals surface area contributed by atoms with Crippen molar-refractivity contribution in [1.29, 1.82) is 0 Å². The molecule has 0 heterocycles. The number of esters is 1. The van der Waals surface area contributed by atoms with Gasteiger partial charge in [0.05, 0.1) is 18.1 Å². The third-order valence-electron chi connectivity index (χ3n) is 2.77. The molecule has 18 heavy (non-hydrogen) atoms. The van der Waals surface area contributed by atoms with Crippen molar-refractivity contribution in [3.05, 3.63) is 33.0 Å². The zero-order chi connectivity index (χ0) is 13.7. The summed E-state index contributed by atoms with van der Waals surface area (Å²) in [6.07, 6.45) is 2.31. The van der Waals surface area contributed by atoms with Crippen LogP contribution in [0, 0.1) is 5.82 Å². The minimum atomic E-state index is -0.597. The zero-order valence-electron chi connectivity index (χ0n) is 10.3. The number of rotatable bonds is 5. The van der Waals surface area contributed by atoms with E-state index in [1.165, 1.54) is 7.11 Å². The van der Waals surface area contributed by atoms with E-state index in [0.717, 1.165) is 12.8 Å². The van der Waals surface area contributed by atoms with Gasteiger partial charge < -0.3 is 4.74 Å². The van der Waals surface area contributed by atoms with Gasteiger partial charge in [-0.1, -0.05) is 37.4 Å². The summed E-state index contributed by atoms with van der Waals surface area (Å²) in [6, 6.07) is 3.21. The van der Waals surface area contributed by atoms with E-state index in [2.05, 4.69) is 15.9 Å². The zero-order valence-corrected chi connectivity index (χ0v) is 12.6. The van der Waals surface area contributed by atoms with Crippen LogP contribution in [0.25, 0.3) is 0 Å². The van der Waals surface area contributed by atoms with Gasteiger partial charge in [0.25, 0.3) is 0 Å². The van der Waals surface area contributed by atoms with Crippen molar-refractivity contribution < 1.29 is 13.9 Å². The lowest BCUT2D eigenvalue weighted by Crippen LogP contribution is -2.16. The Morgan fingerprint density at radius 3 is 2.78 bits per heavy atom. The second-order valence-corrected chi connectivity index (χ2v) is 5.21. The highest BCUT2D eigenvalue weighted by Crippen LogP contribution is 2.33. The number of methoxy groups -OCH3 is 1. The Kier molecular flexibility index (Phi) is 6.09. The average molecular weight is 338 g/mol. The minimum Gasteiger partial charge on any atom is -0.469 e. The van der Waals surface area contributed by atoms with E-state index in [0.29, 0.717) is 16.5 Å². The summed E-state index contributed by atoms with van der Waals surface area (Å²) in [5, 5.41) is -0.00194. The number of unbranched alkanes of at least 4 members (excludes halogenated alkanes) is 1. The Balaban J connectivity index is 3.12. The number of hydrogen-bond acceptors (Lipinski definition) is 2. The number of hydrogen-bond donors (Lipinski definition) is 0. The van der Waals surface area contributed by atoms with E-state index in [1.807, 2.05) is 6.92 Å². The first kappa shape index (κ1) is 15.4. The van der Waals surface area contributed by atoms with Gasteiger partial charge in [-0.2, -0.15) is 0 Å². The largest absolute Gasteiger partial charge is 0.469 e. The Morgan fingerprint density at radius 2 is 2.22 bits per heavy atom. The number of carbonyl (C=O) groups is 1. The number of ether oxygens (including phenoxy) is 1. The predicted octanol–water partition coefficient (Wildman–Crippen LogP) is 4.69. The van der Waals surface area contributed by atoms with Crippen molar-refractivity contribution in [2.75, 3.05) is 7.11 Å². The smallest absolute Gasteiger partial charge is 0.313 e. The fourth-order valence-electron chi connectivity index (χ4n) is 1.76. The van der Waals surface area contributed by atoms with Crippen LogP contribution in [-0.2, 0) is 9.53 Å². The standard InChI is InChI=1S/C13H15BrClFO2/c1-3-4-5-9(13(17)18-2)8-6-7-10(14)11(15)12(8)16/h6-7,9H,3-5H2,1-2H3. The monoisotopic (exact) mass is 336 g/mol. The summed E-state index contributed by atoms with van der Waals surface area (Å²) >= 11 is 8.98. The van der Waals surface area contributed by atoms with E-state index in [4.69, 9.17) is 16.3 Å². The molecule has 0 spiro atoms. The highest BCUT2D eigenvalue weighted by molar-refractivity contribution is 9.10. The Morgan fingerprint density at radius 1 is 1.56 bits per heavy atom. The summed E-state index contributed by atoms with van der Waals surface area (Å²) in [7, 11) is 1.31. The van der Waals surface area contributed by atoms with Crippen LogP contribution < -0.4 is 0 Å². The lowest BCUT2D eigenvalue weighted by molar-refractivity contribution is -0.142. The molecule has 0 radical (unpaired) electrons. The molecule has 0 aliphatic heterocycles. The van der Waals surface area contributed by atoms with Crippen LogP contribution in [0.4, 0.5) is 4.39 Å². The summed E-state index contributed by atoms with van der Waals surface area (Å²) in [6.45, 7) is 2.01. The van der Waals surface area contributed by atoms with E-state index in [1.54, 1.807) is 12.1 Å². The normalized spacial score (nSPS) is 12.3. The van der Waals surface area contributed by atoms with Gasteiger partial charge in [-0.15, -0.1) is 0 Å². The van der Waals surface area contributed by atoms with Crippen molar-refractivity contribution in [3.63, 3.8) is 0 Å². The Labute approximate surface area is 120 Å².